The maximum Gasteiger partial charge on any atom is 0.228 e. The molecule has 1 aliphatic rings. The summed E-state index contributed by atoms with van der Waals surface area (Å²) in [4.78, 5) is 18.1. The number of piperazine rings is 1. The molecule has 1 aromatic heterocycles. The molecule has 1 saturated heterocycles. The molecule has 1 atom stereocenters. The molecule has 4 nitrogen and oxygen atoms in total. The number of aromatic nitrogens is 1. The molecule has 1 fully saturated rings. The third kappa shape index (κ3) is 2.58. The Morgan fingerprint density at radius 3 is 3.19 bits per heavy atom. The zero-order chi connectivity index (χ0) is 11.4. The molecule has 1 amide bonds. The molecule has 0 unspecified atom stereocenters. The zero-order valence-electron chi connectivity index (χ0n) is 9.52. The largest absolute Gasteiger partial charge is 0.337 e. The molecule has 0 bridgehead atoms. The van der Waals surface area contributed by atoms with Crippen LogP contribution in [0.5, 0.6) is 0 Å². The van der Waals surface area contributed by atoms with Gasteiger partial charge in [0.15, 0.2) is 0 Å². The van der Waals surface area contributed by atoms with Crippen molar-refractivity contribution >= 4 is 5.91 Å². The summed E-state index contributed by atoms with van der Waals surface area (Å²) in [5.41, 5.74) is 0.846. The Morgan fingerprint density at radius 1 is 1.62 bits per heavy atom. The number of amides is 1. The average Bonchev–Trinajstić information content (AvgIpc) is 2.31. The monoisotopic (exact) mass is 219 g/mol. The van der Waals surface area contributed by atoms with Crippen LogP contribution in [0.1, 0.15) is 12.6 Å². The molecule has 16 heavy (non-hydrogen) atoms. The highest BCUT2D eigenvalue weighted by Gasteiger charge is 2.22. The maximum absolute atomic E-state index is 12.0. The van der Waals surface area contributed by atoms with Crippen LogP contribution >= 0.6 is 0 Å². The first-order valence-corrected chi connectivity index (χ1v) is 5.67. The normalized spacial score (nSPS) is 20.8. The van der Waals surface area contributed by atoms with E-state index < -0.39 is 0 Å². The van der Waals surface area contributed by atoms with Gasteiger partial charge in [-0.3, -0.25) is 9.78 Å². The molecule has 0 saturated carbocycles. The molecule has 2 heterocycles. The summed E-state index contributed by atoms with van der Waals surface area (Å²) in [5, 5.41) is 3.27. The fourth-order valence-corrected chi connectivity index (χ4v) is 1.97. The maximum atomic E-state index is 12.0. The minimum atomic E-state index is 0.174. The third-order valence-electron chi connectivity index (χ3n) is 2.88. The second kappa shape index (κ2) is 5.07. The van der Waals surface area contributed by atoms with E-state index in [9.17, 15) is 4.79 Å². The van der Waals surface area contributed by atoms with Crippen molar-refractivity contribution in [3.05, 3.63) is 30.1 Å². The van der Waals surface area contributed by atoms with Crippen molar-refractivity contribution in [3.63, 3.8) is 0 Å². The number of carbonyl (C=O) groups excluding carboxylic acids is 1. The SMILES string of the molecule is C[C@@H]1CNCCN1C(=O)Cc1ccccn1. The summed E-state index contributed by atoms with van der Waals surface area (Å²) in [6.45, 7) is 4.64. The summed E-state index contributed by atoms with van der Waals surface area (Å²) in [5.74, 6) is 0.174. The predicted molar refractivity (Wildman–Crippen MR) is 62.0 cm³/mol. The minimum Gasteiger partial charge on any atom is -0.337 e. The summed E-state index contributed by atoms with van der Waals surface area (Å²) < 4.78 is 0. The fourth-order valence-electron chi connectivity index (χ4n) is 1.97. The zero-order valence-corrected chi connectivity index (χ0v) is 9.52. The van der Waals surface area contributed by atoms with Crippen LogP contribution < -0.4 is 5.32 Å². The van der Waals surface area contributed by atoms with Gasteiger partial charge < -0.3 is 10.2 Å². The van der Waals surface area contributed by atoms with E-state index >= 15 is 0 Å². The molecular formula is C12H17N3O. The smallest absolute Gasteiger partial charge is 0.228 e. The molecule has 86 valence electrons. The Labute approximate surface area is 95.7 Å². The van der Waals surface area contributed by atoms with Gasteiger partial charge in [0.25, 0.3) is 0 Å². The Bertz CT molecular complexity index is 353. The van der Waals surface area contributed by atoms with Gasteiger partial charge in [0.2, 0.25) is 5.91 Å². The topological polar surface area (TPSA) is 45.2 Å². The molecule has 2 rings (SSSR count). The summed E-state index contributed by atoms with van der Waals surface area (Å²) in [6, 6.07) is 5.95. The highest BCUT2D eigenvalue weighted by Crippen LogP contribution is 2.06. The van der Waals surface area contributed by atoms with Crippen molar-refractivity contribution in [2.45, 2.75) is 19.4 Å². The van der Waals surface area contributed by atoms with Crippen molar-refractivity contribution in [1.29, 1.82) is 0 Å². The molecular weight excluding hydrogens is 202 g/mol. The lowest BCUT2D eigenvalue weighted by Crippen LogP contribution is -2.52. The number of pyridine rings is 1. The second-order valence-corrected chi connectivity index (χ2v) is 4.14. The molecule has 0 spiro atoms. The van der Waals surface area contributed by atoms with E-state index in [-0.39, 0.29) is 11.9 Å². The van der Waals surface area contributed by atoms with Crippen molar-refractivity contribution in [2.24, 2.45) is 0 Å². The Hall–Kier alpha value is -1.42. The van der Waals surface area contributed by atoms with Gasteiger partial charge in [0.1, 0.15) is 0 Å². The predicted octanol–water partition coefficient (Wildman–Crippen LogP) is 0.444. The number of carbonyl (C=O) groups is 1. The molecule has 1 N–H and O–H groups in total. The van der Waals surface area contributed by atoms with Crippen LogP contribution in [-0.2, 0) is 11.2 Å². The second-order valence-electron chi connectivity index (χ2n) is 4.14. The lowest BCUT2D eigenvalue weighted by molar-refractivity contribution is -0.133. The van der Waals surface area contributed by atoms with Gasteiger partial charge in [-0.25, -0.2) is 0 Å². The van der Waals surface area contributed by atoms with Gasteiger partial charge in [-0.05, 0) is 19.1 Å². The van der Waals surface area contributed by atoms with Crippen LogP contribution in [0.15, 0.2) is 24.4 Å². The van der Waals surface area contributed by atoms with E-state index in [1.165, 1.54) is 0 Å². The molecule has 0 radical (unpaired) electrons. The summed E-state index contributed by atoms with van der Waals surface area (Å²) in [6.07, 6.45) is 2.13. The Balaban J connectivity index is 1.97. The Kier molecular flexibility index (Phi) is 3.51. The third-order valence-corrected chi connectivity index (χ3v) is 2.88. The van der Waals surface area contributed by atoms with Crippen molar-refractivity contribution in [3.8, 4) is 0 Å². The Morgan fingerprint density at radius 2 is 2.50 bits per heavy atom. The molecule has 4 heteroatoms. The number of rotatable bonds is 2. The number of nitrogens with zero attached hydrogens (tertiary/aromatic N) is 2. The van der Waals surface area contributed by atoms with E-state index in [1.807, 2.05) is 23.1 Å². The quantitative estimate of drug-likeness (QED) is 0.785. The van der Waals surface area contributed by atoms with Gasteiger partial charge in [0.05, 0.1) is 6.42 Å². The molecule has 0 aliphatic carbocycles. The van der Waals surface area contributed by atoms with Crippen LogP contribution in [0.4, 0.5) is 0 Å². The van der Waals surface area contributed by atoms with E-state index in [0.717, 1.165) is 25.3 Å². The standard InChI is InChI=1S/C12H17N3O/c1-10-9-13-6-7-15(10)12(16)8-11-4-2-3-5-14-11/h2-5,10,13H,6-9H2,1H3/t10-/m1/s1. The van der Waals surface area contributed by atoms with Crippen LogP contribution in [0.2, 0.25) is 0 Å². The lowest BCUT2D eigenvalue weighted by atomic mass is 10.2. The fraction of sp³-hybridized carbons (Fsp3) is 0.500. The van der Waals surface area contributed by atoms with Crippen LogP contribution in [0, 0.1) is 0 Å². The highest BCUT2D eigenvalue weighted by molar-refractivity contribution is 5.78. The number of nitrogens with one attached hydrogen (secondary N) is 1. The van der Waals surface area contributed by atoms with Crippen molar-refractivity contribution in [1.82, 2.24) is 15.2 Å². The van der Waals surface area contributed by atoms with Gasteiger partial charge in [-0.2, -0.15) is 0 Å². The van der Waals surface area contributed by atoms with Crippen molar-refractivity contribution in [2.75, 3.05) is 19.6 Å². The van der Waals surface area contributed by atoms with Gasteiger partial charge >= 0.3 is 0 Å². The molecule has 0 aromatic carbocycles. The van der Waals surface area contributed by atoms with Gasteiger partial charge in [0, 0.05) is 37.6 Å². The molecule has 1 aliphatic heterocycles. The number of hydrogen-bond donors (Lipinski definition) is 1. The first-order valence-electron chi connectivity index (χ1n) is 5.67. The average molecular weight is 219 g/mol. The minimum absolute atomic E-state index is 0.174. The van der Waals surface area contributed by atoms with Gasteiger partial charge in [-0.1, -0.05) is 6.07 Å². The van der Waals surface area contributed by atoms with E-state index in [2.05, 4.69) is 17.2 Å². The van der Waals surface area contributed by atoms with E-state index in [1.54, 1.807) is 6.20 Å². The van der Waals surface area contributed by atoms with Crippen molar-refractivity contribution < 1.29 is 4.79 Å². The van der Waals surface area contributed by atoms with Crippen LogP contribution in [0.3, 0.4) is 0 Å². The van der Waals surface area contributed by atoms with E-state index in [0.29, 0.717) is 6.42 Å². The first kappa shape index (κ1) is 11.1. The molecule has 1 aromatic rings. The summed E-state index contributed by atoms with van der Waals surface area (Å²) in [7, 11) is 0. The summed E-state index contributed by atoms with van der Waals surface area (Å²) >= 11 is 0. The first-order chi connectivity index (χ1) is 7.77. The highest BCUT2D eigenvalue weighted by atomic mass is 16.2. The van der Waals surface area contributed by atoms with E-state index in [4.69, 9.17) is 0 Å². The lowest BCUT2D eigenvalue weighted by Gasteiger charge is -2.34. The van der Waals surface area contributed by atoms with Gasteiger partial charge in [-0.15, -0.1) is 0 Å². The van der Waals surface area contributed by atoms with Crippen LogP contribution in [-0.4, -0.2) is 41.5 Å². The number of hydrogen-bond acceptors (Lipinski definition) is 3. The van der Waals surface area contributed by atoms with Crippen LogP contribution in [0.25, 0.3) is 0 Å².